The summed E-state index contributed by atoms with van der Waals surface area (Å²) in [6, 6.07) is 9.28. The number of sulfone groups is 1. The molecule has 0 bridgehead atoms. The highest BCUT2D eigenvalue weighted by atomic mass is 79.9. The predicted molar refractivity (Wildman–Crippen MR) is 112 cm³/mol. The SMILES string of the molecule is O=S1(=O)CCN(CCOc2ccc3c(c2)CC(Br)=C3c2ccc(F)cc2F)CC1. The van der Waals surface area contributed by atoms with Crippen molar-refractivity contribution >= 4 is 31.3 Å². The number of fused-ring (bicyclic) bond motifs is 1. The molecule has 154 valence electrons. The zero-order chi connectivity index (χ0) is 20.6. The van der Waals surface area contributed by atoms with Crippen LogP contribution in [0.25, 0.3) is 5.57 Å². The fourth-order valence-corrected chi connectivity index (χ4v) is 5.71. The number of nitrogens with zero attached hydrogens (tertiary/aromatic N) is 1. The van der Waals surface area contributed by atoms with Gasteiger partial charge in [-0.15, -0.1) is 0 Å². The van der Waals surface area contributed by atoms with Crippen LogP contribution in [0.2, 0.25) is 0 Å². The third kappa shape index (κ3) is 4.54. The first kappa shape index (κ1) is 20.5. The Balaban J connectivity index is 1.42. The topological polar surface area (TPSA) is 46.6 Å². The monoisotopic (exact) mass is 483 g/mol. The minimum atomic E-state index is -2.88. The van der Waals surface area contributed by atoms with Gasteiger partial charge in [-0.05, 0) is 35.4 Å². The summed E-state index contributed by atoms with van der Waals surface area (Å²) in [6.07, 6.45) is 0.614. The van der Waals surface area contributed by atoms with Crippen LogP contribution < -0.4 is 4.74 Å². The number of hydrogen-bond donors (Lipinski definition) is 0. The van der Waals surface area contributed by atoms with Gasteiger partial charge in [0.2, 0.25) is 0 Å². The van der Waals surface area contributed by atoms with Crippen molar-refractivity contribution in [3.8, 4) is 5.75 Å². The van der Waals surface area contributed by atoms with Gasteiger partial charge >= 0.3 is 0 Å². The van der Waals surface area contributed by atoms with Gasteiger partial charge in [-0.2, -0.15) is 0 Å². The average Bonchev–Trinajstić information content (AvgIpc) is 2.98. The number of halogens is 3. The highest BCUT2D eigenvalue weighted by molar-refractivity contribution is 9.11. The quantitative estimate of drug-likeness (QED) is 0.648. The molecule has 2 aromatic carbocycles. The normalized spacial score (nSPS) is 18.7. The number of benzene rings is 2. The van der Waals surface area contributed by atoms with Gasteiger partial charge in [0.25, 0.3) is 0 Å². The van der Waals surface area contributed by atoms with E-state index < -0.39 is 21.5 Å². The number of hydrogen-bond acceptors (Lipinski definition) is 4. The summed E-state index contributed by atoms with van der Waals surface area (Å²) in [5.74, 6) is -0.0675. The van der Waals surface area contributed by atoms with E-state index in [0.717, 1.165) is 33.0 Å². The molecule has 2 aromatic rings. The molecule has 0 radical (unpaired) electrons. The first-order valence-corrected chi connectivity index (χ1v) is 12.0. The van der Waals surface area contributed by atoms with Crippen molar-refractivity contribution in [1.29, 1.82) is 0 Å². The molecule has 4 rings (SSSR count). The summed E-state index contributed by atoms with van der Waals surface area (Å²) in [7, 11) is -2.88. The zero-order valence-electron chi connectivity index (χ0n) is 15.6. The van der Waals surface area contributed by atoms with Crippen LogP contribution in [0.5, 0.6) is 5.75 Å². The Morgan fingerprint density at radius 1 is 1.03 bits per heavy atom. The van der Waals surface area contributed by atoms with Gasteiger partial charge in [0.15, 0.2) is 9.84 Å². The summed E-state index contributed by atoms with van der Waals surface area (Å²) in [5.41, 5.74) is 3.01. The Morgan fingerprint density at radius 3 is 2.48 bits per heavy atom. The second-order valence-electron chi connectivity index (χ2n) is 7.24. The molecule has 8 heteroatoms. The summed E-state index contributed by atoms with van der Waals surface area (Å²) >= 11 is 3.54. The molecule has 4 nitrogen and oxygen atoms in total. The maximum Gasteiger partial charge on any atom is 0.152 e. The van der Waals surface area contributed by atoms with E-state index in [1.807, 2.05) is 18.2 Å². The van der Waals surface area contributed by atoms with E-state index in [4.69, 9.17) is 4.74 Å². The van der Waals surface area contributed by atoms with E-state index in [1.165, 1.54) is 12.1 Å². The molecule has 29 heavy (non-hydrogen) atoms. The second kappa shape index (κ2) is 8.16. The molecule has 0 amide bonds. The molecular formula is C21H20BrF2NO3S. The Kier molecular flexibility index (Phi) is 5.77. The van der Waals surface area contributed by atoms with Gasteiger partial charge < -0.3 is 4.74 Å². The Labute approximate surface area is 177 Å². The van der Waals surface area contributed by atoms with Crippen molar-refractivity contribution in [2.45, 2.75) is 6.42 Å². The van der Waals surface area contributed by atoms with Crippen LogP contribution in [0.3, 0.4) is 0 Å². The first-order valence-electron chi connectivity index (χ1n) is 9.35. The molecule has 0 unspecified atom stereocenters. The molecule has 2 aliphatic rings. The lowest BCUT2D eigenvalue weighted by molar-refractivity contribution is 0.219. The molecule has 0 atom stereocenters. The third-order valence-electron chi connectivity index (χ3n) is 5.28. The van der Waals surface area contributed by atoms with Gasteiger partial charge in [-0.1, -0.05) is 22.0 Å². The minimum absolute atomic E-state index is 0.203. The number of ether oxygens (including phenoxy) is 1. The highest BCUT2D eigenvalue weighted by Gasteiger charge is 2.24. The van der Waals surface area contributed by atoms with Crippen LogP contribution in [0, 0.1) is 11.6 Å². The van der Waals surface area contributed by atoms with Crippen molar-refractivity contribution in [2.75, 3.05) is 37.7 Å². The molecule has 0 spiro atoms. The Bertz CT molecular complexity index is 1070. The fourth-order valence-electron chi connectivity index (χ4n) is 3.70. The molecule has 1 aliphatic heterocycles. The molecule has 0 N–H and O–H groups in total. The first-order chi connectivity index (χ1) is 13.8. The smallest absolute Gasteiger partial charge is 0.152 e. The van der Waals surface area contributed by atoms with Gasteiger partial charge in [-0.3, -0.25) is 4.90 Å². The van der Waals surface area contributed by atoms with Crippen molar-refractivity contribution < 1.29 is 21.9 Å². The van der Waals surface area contributed by atoms with Gasteiger partial charge in [-0.25, -0.2) is 17.2 Å². The molecule has 0 aromatic heterocycles. The summed E-state index contributed by atoms with van der Waals surface area (Å²) in [6.45, 7) is 2.21. The molecule has 1 saturated heterocycles. The van der Waals surface area contributed by atoms with Crippen molar-refractivity contribution in [3.05, 3.63) is 69.2 Å². The van der Waals surface area contributed by atoms with E-state index in [0.29, 0.717) is 38.2 Å². The lowest BCUT2D eigenvalue weighted by Crippen LogP contribution is -2.42. The lowest BCUT2D eigenvalue weighted by Gasteiger charge is -2.26. The predicted octanol–water partition coefficient (Wildman–Crippen LogP) is 3.78. The van der Waals surface area contributed by atoms with Gasteiger partial charge in [0.1, 0.15) is 24.0 Å². The maximum absolute atomic E-state index is 14.3. The van der Waals surface area contributed by atoms with Crippen molar-refractivity contribution in [3.63, 3.8) is 0 Å². The van der Waals surface area contributed by atoms with Gasteiger partial charge in [0, 0.05) is 47.7 Å². The van der Waals surface area contributed by atoms with Crippen LogP contribution in [0.15, 0.2) is 40.9 Å². The third-order valence-corrected chi connectivity index (χ3v) is 7.56. The largest absolute Gasteiger partial charge is 0.492 e. The van der Waals surface area contributed by atoms with E-state index in [2.05, 4.69) is 20.8 Å². The number of rotatable bonds is 5. The molecule has 1 aliphatic carbocycles. The second-order valence-corrected chi connectivity index (χ2v) is 10.5. The minimum Gasteiger partial charge on any atom is -0.492 e. The van der Waals surface area contributed by atoms with E-state index in [-0.39, 0.29) is 11.5 Å². The molecular weight excluding hydrogens is 464 g/mol. The molecule has 1 fully saturated rings. The van der Waals surface area contributed by atoms with Crippen molar-refractivity contribution in [2.24, 2.45) is 0 Å². The summed E-state index contributed by atoms with van der Waals surface area (Å²) in [5, 5.41) is 0. The van der Waals surface area contributed by atoms with Gasteiger partial charge in [0.05, 0.1) is 11.5 Å². The fraction of sp³-hybridized carbons (Fsp3) is 0.333. The van der Waals surface area contributed by atoms with E-state index in [1.54, 1.807) is 0 Å². The maximum atomic E-state index is 14.3. The Morgan fingerprint density at radius 2 is 1.76 bits per heavy atom. The van der Waals surface area contributed by atoms with E-state index in [9.17, 15) is 17.2 Å². The average molecular weight is 484 g/mol. The van der Waals surface area contributed by atoms with Crippen LogP contribution in [0.1, 0.15) is 16.7 Å². The van der Waals surface area contributed by atoms with Crippen LogP contribution >= 0.6 is 15.9 Å². The zero-order valence-corrected chi connectivity index (χ0v) is 18.0. The standard InChI is InChI=1S/C21H20BrF2NO3S/c22-19-12-14-11-16(28-8-5-25-6-9-29(26,27)10-7-25)2-4-17(14)21(19)18-3-1-15(23)13-20(18)24/h1-4,11,13H,5-10,12H2. The van der Waals surface area contributed by atoms with Crippen LogP contribution in [-0.4, -0.2) is 51.1 Å². The Hall–Kier alpha value is -1.77. The molecule has 0 saturated carbocycles. The lowest BCUT2D eigenvalue weighted by atomic mass is 9.98. The number of allylic oxidation sites excluding steroid dienone is 1. The highest BCUT2D eigenvalue weighted by Crippen LogP contribution is 2.42. The van der Waals surface area contributed by atoms with E-state index >= 15 is 0 Å². The summed E-state index contributed by atoms with van der Waals surface area (Å²) in [4.78, 5) is 2.09. The summed E-state index contributed by atoms with van der Waals surface area (Å²) < 4.78 is 57.2. The van der Waals surface area contributed by atoms with Crippen LogP contribution in [0.4, 0.5) is 8.78 Å². The molecule has 1 heterocycles. The van der Waals surface area contributed by atoms with Crippen LogP contribution in [-0.2, 0) is 16.3 Å². The van der Waals surface area contributed by atoms with Crippen molar-refractivity contribution in [1.82, 2.24) is 4.90 Å².